The van der Waals surface area contributed by atoms with Crippen LogP contribution in [0.25, 0.3) is 0 Å². The maximum Gasteiger partial charge on any atom is 0.233 e. The highest BCUT2D eigenvalue weighted by molar-refractivity contribution is 5.88. The molecular formula is C20H30N2O. The number of piperidine rings is 1. The maximum atomic E-state index is 13.5. The Morgan fingerprint density at radius 2 is 1.87 bits per heavy atom. The first-order valence-corrected chi connectivity index (χ1v) is 9.19. The quantitative estimate of drug-likeness (QED) is 0.927. The minimum absolute atomic E-state index is 0.267. The Morgan fingerprint density at radius 1 is 1.17 bits per heavy atom. The molecule has 0 radical (unpaired) electrons. The molecule has 1 aromatic rings. The summed E-state index contributed by atoms with van der Waals surface area (Å²) in [6.45, 7) is 3.93. The second-order valence-electron chi connectivity index (χ2n) is 7.37. The lowest BCUT2D eigenvalue weighted by Crippen LogP contribution is -2.52. The van der Waals surface area contributed by atoms with Crippen molar-refractivity contribution in [3.05, 3.63) is 35.4 Å². The van der Waals surface area contributed by atoms with Gasteiger partial charge in [0.15, 0.2) is 0 Å². The molecule has 23 heavy (non-hydrogen) atoms. The van der Waals surface area contributed by atoms with Gasteiger partial charge in [0.05, 0.1) is 5.41 Å². The molecule has 1 aliphatic heterocycles. The van der Waals surface area contributed by atoms with Gasteiger partial charge in [0.25, 0.3) is 0 Å². The molecule has 1 amide bonds. The summed E-state index contributed by atoms with van der Waals surface area (Å²) >= 11 is 0. The molecule has 3 heteroatoms. The molecule has 2 aliphatic rings. The summed E-state index contributed by atoms with van der Waals surface area (Å²) < 4.78 is 0. The van der Waals surface area contributed by atoms with Crippen LogP contribution in [0.3, 0.4) is 0 Å². The van der Waals surface area contributed by atoms with Crippen molar-refractivity contribution < 1.29 is 4.79 Å². The van der Waals surface area contributed by atoms with E-state index >= 15 is 0 Å². The van der Waals surface area contributed by atoms with E-state index in [0.29, 0.717) is 11.9 Å². The van der Waals surface area contributed by atoms with Crippen LogP contribution in [0.15, 0.2) is 24.3 Å². The molecule has 1 saturated carbocycles. The third kappa shape index (κ3) is 3.30. The molecular weight excluding hydrogens is 284 g/mol. The van der Waals surface area contributed by atoms with Crippen LogP contribution in [0.5, 0.6) is 0 Å². The van der Waals surface area contributed by atoms with Crippen LogP contribution >= 0.6 is 0 Å². The molecule has 1 N–H and O–H groups in total. The van der Waals surface area contributed by atoms with Crippen molar-refractivity contribution in [3.8, 4) is 0 Å². The number of rotatable bonds is 3. The van der Waals surface area contributed by atoms with Crippen molar-refractivity contribution in [2.24, 2.45) is 0 Å². The normalized spacial score (nSPS) is 22.1. The molecule has 126 valence electrons. The summed E-state index contributed by atoms with van der Waals surface area (Å²) in [7, 11) is 2.03. The van der Waals surface area contributed by atoms with Gasteiger partial charge >= 0.3 is 0 Å². The van der Waals surface area contributed by atoms with E-state index in [1.807, 2.05) is 7.05 Å². The third-order valence-electron chi connectivity index (χ3n) is 5.88. The number of nitrogens with one attached hydrogen (secondary N) is 1. The van der Waals surface area contributed by atoms with Crippen LogP contribution in [-0.4, -0.2) is 37.0 Å². The van der Waals surface area contributed by atoms with Crippen LogP contribution in [0.2, 0.25) is 0 Å². The van der Waals surface area contributed by atoms with E-state index in [1.165, 1.54) is 30.4 Å². The topological polar surface area (TPSA) is 32.3 Å². The molecule has 1 heterocycles. The summed E-state index contributed by atoms with van der Waals surface area (Å²) in [6, 6.07) is 9.23. The van der Waals surface area contributed by atoms with Gasteiger partial charge in [-0.2, -0.15) is 0 Å². The molecule has 1 saturated heterocycles. The molecule has 3 rings (SSSR count). The predicted molar refractivity (Wildman–Crippen MR) is 94.6 cm³/mol. The highest BCUT2D eigenvalue weighted by Gasteiger charge is 2.44. The number of benzene rings is 1. The summed E-state index contributed by atoms with van der Waals surface area (Å²) in [5.41, 5.74) is 2.24. The number of carbonyl (C=O) groups is 1. The fourth-order valence-electron chi connectivity index (χ4n) is 4.40. The van der Waals surface area contributed by atoms with E-state index in [0.717, 1.165) is 38.8 Å². The van der Waals surface area contributed by atoms with Crippen molar-refractivity contribution in [1.29, 1.82) is 0 Å². The summed E-state index contributed by atoms with van der Waals surface area (Å²) in [5, 5.41) is 3.35. The molecule has 2 fully saturated rings. The molecule has 0 bridgehead atoms. The molecule has 0 unspecified atom stereocenters. The fourth-order valence-corrected chi connectivity index (χ4v) is 4.40. The molecule has 1 aliphatic carbocycles. The van der Waals surface area contributed by atoms with Crippen LogP contribution < -0.4 is 5.32 Å². The van der Waals surface area contributed by atoms with E-state index in [1.54, 1.807) is 0 Å². The Hall–Kier alpha value is -1.35. The van der Waals surface area contributed by atoms with Gasteiger partial charge in [0.2, 0.25) is 5.91 Å². The minimum atomic E-state index is -0.267. The lowest BCUT2D eigenvalue weighted by molar-refractivity contribution is -0.140. The minimum Gasteiger partial charge on any atom is -0.342 e. The molecule has 0 atom stereocenters. The standard InChI is InChI=1S/C20H30N2O/c1-16-7-6-8-17(15-16)20(11-4-3-5-12-20)19(23)22-13-9-18(21-2)10-14-22/h6-8,15,18,21H,3-5,9-14H2,1-2H3. The van der Waals surface area contributed by atoms with Crippen LogP contribution in [0, 0.1) is 6.92 Å². The van der Waals surface area contributed by atoms with E-state index in [4.69, 9.17) is 0 Å². The SMILES string of the molecule is CNC1CCN(C(=O)C2(c3cccc(C)c3)CCCCC2)CC1. The second kappa shape index (κ2) is 7.04. The first kappa shape index (κ1) is 16.5. The van der Waals surface area contributed by atoms with Gasteiger partial charge in [-0.3, -0.25) is 4.79 Å². The van der Waals surface area contributed by atoms with Crippen molar-refractivity contribution in [2.75, 3.05) is 20.1 Å². The van der Waals surface area contributed by atoms with Gasteiger partial charge < -0.3 is 10.2 Å². The van der Waals surface area contributed by atoms with Crippen molar-refractivity contribution in [3.63, 3.8) is 0 Å². The highest BCUT2D eigenvalue weighted by Crippen LogP contribution is 2.41. The van der Waals surface area contributed by atoms with Crippen molar-refractivity contribution in [1.82, 2.24) is 10.2 Å². The Balaban J connectivity index is 1.85. The molecule has 0 spiro atoms. The average molecular weight is 314 g/mol. The first-order valence-electron chi connectivity index (χ1n) is 9.19. The summed E-state index contributed by atoms with van der Waals surface area (Å²) in [6.07, 6.45) is 7.79. The number of amides is 1. The highest BCUT2D eigenvalue weighted by atomic mass is 16.2. The van der Waals surface area contributed by atoms with Gasteiger partial charge in [-0.1, -0.05) is 49.1 Å². The predicted octanol–water partition coefficient (Wildman–Crippen LogP) is 3.41. The number of nitrogens with zero attached hydrogens (tertiary/aromatic N) is 1. The smallest absolute Gasteiger partial charge is 0.233 e. The second-order valence-corrected chi connectivity index (χ2v) is 7.37. The first-order chi connectivity index (χ1) is 11.2. The van der Waals surface area contributed by atoms with Crippen molar-refractivity contribution in [2.45, 2.75) is 63.3 Å². The Bertz CT molecular complexity index is 540. The van der Waals surface area contributed by atoms with Crippen LogP contribution in [-0.2, 0) is 10.2 Å². The summed E-state index contributed by atoms with van der Waals surface area (Å²) in [5.74, 6) is 0.386. The average Bonchev–Trinajstić information content (AvgIpc) is 2.62. The third-order valence-corrected chi connectivity index (χ3v) is 5.88. The van der Waals surface area contributed by atoms with E-state index < -0.39 is 0 Å². The van der Waals surface area contributed by atoms with Gasteiger partial charge in [-0.15, -0.1) is 0 Å². The lowest BCUT2D eigenvalue weighted by atomic mass is 9.68. The zero-order valence-corrected chi connectivity index (χ0v) is 14.6. The monoisotopic (exact) mass is 314 g/mol. The van der Waals surface area contributed by atoms with Crippen LogP contribution in [0.1, 0.15) is 56.1 Å². The van der Waals surface area contributed by atoms with Gasteiger partial charge in [0.1, 0.15) is 0 Å². The van der Waals surface area contributed by atoms with Crippen molar-refractivity contribution >= 4 is 5.91 Å². The number of hydrogen-bond acceptors (Lipinski definition) is 2. The number of likely N-dealkylation sites (tertiary alicyclic amines) is 1. The molecule has 1 aromatic carbocycles. The number of hydrogen-bond donors (Lipinski definition) is 1. The van der Waals surface area contributed by atoms with E-state index in [9.17, 15) is 4.79 Å². The zero-order chi connectivity index (χ0) is 16.3. The lowest BCUT2D eigenvalue weighted by Gasteiger charge is -2.42. The zero-order valence-electron chi connectivity index (χ0n) is 14.6. The molecule has 0 aromatic heterocycles. The van der Waals surface area contributed by atoms with Crippen LogP contribution in [0.4, 0.5) is 0 Å². The van der Waals surface area contributed by atoms with E-state index in [2.05, 4.69) is 41.4 Å². The Morgan fingerprint density at radius 3 is 2.48 bits per heavy atom. The van der Waals surface area contributed by atoms with Gasteiger partial charge in [-0.05, 0) is 45.2 Å². The fraction of sp³-hybridized carbons (Fsp3) is 0.650. The summed E-state index contributed by atoms with van der Waals surface area (Å²) in [4.78, 5) is 15.6. The molecule has 3 nitrogen and oxygen atoms in total. The number of aryl methyl sites for hydroxylation is 1. The maximum absolute atomic E-state index is 13.5. The number of carbonyl (C=O) groups excluding carboxylic acids is 1. The largest absolute Gasteiger partial charge is 0.342 e. The Kier molecular flexibility index (Phi) is 5.05. The van der Waals surface area contributed by atoms with Gasteiger partial charge in [-0.25, -0.2) is 0 Å². The Labute approximate surface area is 140 Å². The van der Waals surface area contributed by atoms with E-state index in [-0.39, 0.29) is 5.41 Å². The van der Waals surface area contributed by atoms with Gasteiger partial charge in [0, 0.05) is 19.1 Å².